The summed E-state index contributed by atoms with van der Waals surface area (Å²) in [5.41, 5.74) is -0.384. The molecule has 162 valence electrons. The molecule has 1 aliphatic carbocycles. The molecule has 1 heterocycles. The maximum absolute atomic E-state index is 13.1. The van der Waals surface area contributed by atoms with Crippen LogP contribution in [0.15, 0.2) is 42.6 Å². The molecule has 1 aliphatic rings. The first-order valence-corrected chi connectivity index (χ1v) is 9.84. The molecule has 0 saturated heterocycles. The predicted octanol–water partition coefficient (Wildman–Crippen LogP) is 5.73. The van der Waals surface area contributed by atoms with Gasteiger partial charge in [-0.2, -0.15) is 13.2 Å². The number of alkyl halides is 3. The van der Waals surface area contributed by atoms with Gasteiger partial charge in [-0.25, -0.2) is 4.39 Å². The van der Waals surface area contributed by atoms with E-state index in [0.29, 0.717) is 17.8 Å². The van der Waals surface area contributed by atoms with E-state index in [9.17, 15) is 22.4 Å². The van der Waals surface area contributed by atoms with Crippen LogP contribution in [0.3, 0.4) is 0 Å². The second-order valence-corrected chi connectivity index (χ2v) is 8.44. The average molecular weight is 423 g/mol. The Bertz CT molecular complexity index is 900. The second kappa shape index (κ2) is 8.24. The first-order valence-electron chi connectivity index (χ1n) is 9.84. The van der Waals surface area contributed by atoms with E-state index in [-0.39, 0.29) is 35.0 Å². The molecule has 1 amide bonds. The summed E-state index contributed by atoms with van der Waals surface area (Å²) in [6.07, 6.45) is -1.97. The predicted molar refractivity (Wildman–Crippen MR) is 107 cm³/mol. The summed E-state index contributed by atoms with van der Waals surface area (Å²) >= 11 is 0. The van der Waals surface area contributed by atoms with Gasteiger partial charge in [-0.05, 0) is 60.6 Å². The van der Waals surface area contributed by atoms with Crippen molar-refractivity contribution in [2.45, 2.75) is 45.8 Å². The molecule has 2 aromatic rings. The molecule has 3 rings (SSSR count). The molecule has 30 heavy (non-hydrogen) atoms. The summed E-state index contributed by atoms with van der Waals surface area (Å²) in [5, 5.41) is 6.01. The fourth-order valence-corrected chi connectivity index (χ4v) is 4.20. The minimum atomic E-state index is -4.50. The maximum Gasteiger partial charge on any atom is 0.433 e. The van der Waals surface area contributed by atoms with Gasteiger partial charge >= 0.3 is 6.18 Å². The highest BCUT2D eigenvalue weighted by molar-refractivity contribution is 5.92. The quantitative estimate of drug-likeness (QED) is 0.604. The van der Waals surface area contributed by atoms with Crippen LogP contribution < -0.4 is 10.6 Å². The number of hydrogen-bond donors (Lipinski definition) is 2. The summed E-state index contributed by atoms with van der Waals surface area (Å²) in [5.74, 6) is -0.713. The van der Waals surface area contributed by atoms with Gasteiger partial charge in [-0.15, -0.1) is 0 Å². The van der Waals surface area contributed by atoms with Gasteiger partial charge < -0.3 is 10.6 Å². The Hall–Kier alpha value is -2.64. The van der Waals surface area contributed by atoms with Crippen molar-refractivity contribution in [1.29, 1.82) is 0 Å². The van der Waals surface area contributed by atoms with Crippen LogP contribution in [0.5, 0.6) is 0 Å². The standard InChI is InChI=1S/C22H25F4N3O/c1-13-11-21(3,14(2)20(30)29-16-6-4-15(23)5-7-16)12-18(13)28-17-8-9-27-19(10-17)22(24,25)26/h4-10,13-14,18H,11-12H2,1-3H3,(H,27,28)(H,29,30)/t13?,14-,18+,21?/m1/s1. The third-order valence-electron chi connectivity index (χ3n) is 6.11. The normalized spacial score (nSPS) is 25.0. The molecule has 2 N–H and O–H groups in total. The van der Waals surface area contributed by atoms with Crippen molar-refractivity contribution in [3.63, 3.8) is 0 Å². The molecular formula is C22H25F4N3O. The van der Waals surface area contributed by atoms with E-state index in [2.05, 4.69) is 15.6 Å². The fourth-order valence-electron chi connectivity index (χ4n) is 4.20. The molecule has 2 unspecified atom stereocenters. The number of anilines is 2. The lowest BCUT2D eigenvalue weighted by Crippen LogP contribution is -2.34. The van der Waals surface area contributed by atoms with Gasteiger partial charge in [0.05, 0.1) is 0 Å². The molecule has 4 nitrogen and oxygen atoms in total. The molecule has 1 aromatic heterocycles. The summed E-state index contributed by atoms with van der Waals surface area (Å²) in [4.78, 5) is 16.1. The van der Waals surface area contributed by atoms with Gasteiger partial charge in [0, 0.05) is 29.5 Å². The summed E-state index contributed by atoms with van der Waals surface area (Å²) in [6.45, 7) is 5.90. The largest absolute Gasteiger partial charge is 0.433 e. The number of amides is 1. The molecule has 1 saturated carbocycles. The van der Waals surface area contributed by atoms with E-state index in [1.165, 1.54) is 30.3 Å². The Kier molecular flexibility index (Phi) is 6.06. The number of benzene rings is 1. The van der Waals surface area contributed by atoms with Crippen molar-refractivity contribution in [2.24, 2.45) is 17.3 Å². The van der Waals surface area contributed by atoms with E-state index >= 15 is 0 Å². The molecule has 1 fully saturated rings. The van der Waals surface area contributed by atoms with Gasteiger partial charge in [-0.3, -0.25) is 9.78 Å². The number of hydrogen-bond acceptors (Lipinski definition) is 3. The average Bonchev–Trinajstić information content (AvgIpc) is 2.97. The molecule has 0 radical (unpaired) electrons. The van der Waals surface area contributed by atoms with Crippen molar-refractivity contribution in [1.82, 2.24) is 4.98 Å². The zero-order valence-corrected chi connectivity index (χ0v) is 17.1. The zero-order valence-electron chi connectivity index (χ0n) is 17.1. The van der Waals surface area contributed by atoms with Gasteiger partial charge in [-0.1, -0.05) is 20.8 Å². The smallest absolute Gasteiger partial charge is 0.382 e. The van der Waals surface area contributed by atoms with E-state index < -0.39 is 11.9 Å². The maximum atomic E-state index is 13.1. The number of carbonyl (C=O) groups excluding carboxylic acids is 1. The molecule has 4 atom stereocenters. The van der Waals surface area contributed by atoms with Gasteiger partial charge in [0.1, 0.15) is 11.5 Å². The van der Waals surface area contributed by atoms with Gasteiger partial charge in [0.2, 0.25) is 5.91 Å². The molecule has 1 aromatic carbocycles. The Morgan fingerprint density at radius 3 is 2.47 bits per heavy atom. The Balaban J connectivity index is 1.68. The lowest BCUT2D eigenvalue weighted by Gasteiger charge is -2.31. The number of pyridine rings is 1. The van der Waals surface area contributed by atoms with Crippen LogP contribution in [0.1, 0.15) is 39.3 Å². The molecule has 0 spiro atoms. The van der Waals surface area contributed by atoms with Crippen LogP contribution in [0.2, 0.25) is 0 Å². The van der Waals surface area contributed by atoms with E-state index in [1.54, 1.807) is 0 Å². The number of rotatable bonds is 5. The van der Waals surface area contributed by atoms with E-state index in [1.807, 2.05) is 20.8 Å². The summed E-state index contributed by atoms with van der Waals surface area (Å²) in [7, 11) is 0. The van der Waals surface area contributed by atoms with E-state index in [0.717, 1.165) is 18.7 Å². The van der Waals surface area contributed by atoms with Crippen molar-refractivity contribution >= 4 is 17.3 Å². The number of nitrogens with one attached hydrogen (secondary N) is 2. The Labute approximate surface area is 173 Å². The number of aromatic nitrogens is 1. The van der Waals surface area contributed by atoms with Gasteiger partial charge in [0.15, 0.2) is 0 Å². The van der Waals surface area contributed by atoms with E-state index in [4.69, 9.17) is 0 Å². The number of carbonyl (C=O) groups is 1. The number of nitrogens with zero attached hydrogens (tertiary/aromatic N) is 1. The van der Waals surface area contributed by atoms with Crippen molar-refractivity contribution in [2.75, 3.05) is 10.6 Å². The molecule has 0 bridgehead atoms. The summed E-state index contributed by atoms with van der Waals surface area (Å²) in [6, 6.07) is 8.03. The van der Waals surface area contributed by atoms with Crippen LogP contribution in [0.25, 0.3) is 0 Å². The molecule has 0 aliphatic heterocycles. The van der Waals surface area contributed by atoms with Crippen molar-refractivity contribution < 1.29 is 22.4 Å². The molecular weight excluding hydrogens is 398 g/mol. The fraction of sp³-hybridized carbons (Fsp3) is 0.455. The highest BCUT2D eigenvalue weighted by Gasteiger charge is 2.46. The minimum absolute atomic E-state index is 0.0699. The topological polar surface area (TPSA) is 54.0 Å². The van der Waals surface area contributed by atoms with Gasteiger partial charge in [0.25, 0.3) is 0 Å². The van der Waals surface area contributed by atoms with Crippen molar-refractivity contribution in [3.8, 4) is 0 Å². The first kappa shape index (κ1) is 22.1. The molecule has 8 heteroatoms. The minimum Gasteiger partial charge on any atom is -0.382 e. The van der Waals surface area contributed by atoms with Crippen LogP contribution in [0.4, 0.5) is 28.9 Å². The van der Waals surface area contributed by atoms with Crippen molar-refractivity contribution in [3.05, 3.63) is 54.1 Å². The summed E-state index contributed by atoms with van der Waals surface area (Å²) < 4.78 is 51.8. The second-order valence-electron chi connectivity index (χ2n) is 8.44. The Morgan fingerprint density at radius 2 is 1.83 bits per heavy atom. The van der Waals surface area contributed by atoms with Crippen LogP contribution in [-0.2, 0) is 11.0 Å². The van der Waals surface area contributed by atoms with Crippen LogP contribution in [0, 0.1) is 23.1 Å². The van der Waals surface area contributed by atoms with Crippen LogP contribution in [-0.4, -0.2) is 16.9 Å². The SMILES string of the molecule is CC1CC(C)([C@H](C)C(=O)Nc2ccc(F)cc2)C[C@@H]1Nc1ccnc(C(F)(F)F)c1. The third-order valence-corrected chi connectivity index (χ3v) is 6.11. The monoisotopic (exact) mass is 423 g/mol. The third kappa shape index (κ3) is 4.91. The zero-order chi connectivity index (χ0) is 22.1. The lowest BCUT2D eigenvalue weighted by atomic mass is 9.75. The lowest BCUT2D eigenvalue weighted by molar-refractivity contribution is -0.141. The highest BCUT2D eigenvalue weighted by Crippen LogP contribution is 2.48. The number of halogens is 4. The highest BCUT2D eigenvalue weighted by atomic mass is 19.4. The van der Waals surface area contributed by atoms with Crippen LogP contribution >= 0.6 is 0 Å². The Morgan fingerprint density at radius 1 is 1.17 bits per heavy atom. The first-order chi connectivity index (χ1) is 14.0.